The van der Waals surface area contributed by atoms with Gasteiger partial charge in [-0.2, -0.15) is 9.97 Å². The summed E-state index contributed by atoms with van der Waals surface area (Å²) in [6.07, 6.45) is 0. The van der Waals surface area contributed by atoms with Crippen LogP contribution in [0.1, 0.15) is 43.9 Å². The smallest absolute Gasteiger partial charge is 0.238 e. The molecule has 0 aliphatic heterocycles. The molecule has 0 N–H and O–H groups in total. The molecule has 0 unspecified atom stereocenters. The fourth-order valence-corrected chi connectivity index (χ4v) is 6.84. The quantitative estimate of drug-likeness (QED) is 0.176. The topological polar surface area (TPSA) is 53.5 Å². The third-order valence-corrected chi connectivity index (χ3v) is 9.09. The van der Waals surface area contributed by atoms with Crippen molar-refractivity contribution in [3.8, 4) is 40.1 Å². The van der Waals surface area contributed by atoms with E-state index in [1.165, 1.54) is 0 Å². The molecule has 4 heterocycles. The summed E-state index contributed by atoms with van der Waals surface area (Å²) < 4.78 is 292. The highest BCUT2D eigenvalue weighted by Crippen LogP contribution is 2.42. The van der Waals surface area contributed by atoms with Gasteiger partial charge in [-0.05, 0) is 48.3 Å². The van der Waals surface area contributed by atoms with Crippen LogP contribution in [0.2, 0.25) is 0 Å². The molecule has 0 atom stereocenters. The Hall–Kier alpha value is -7.83. The maximum atomic E-state index is 10.1. The van der Waals surface area contributed by atoms with Crippen molar-refractivity contribution in [3.05, 3.63) is 193 Å². The molecule has 0 aliphatic rings. The number of fused-ring (bicyclic) bond motifs is 10. The van der Waals surface area contributed by atoms with Gasteiger partial charge in [0.15, 0.2) is 11.6 Å². The zero-order valence-corrected chi connectivity index (χ0v) is 28.2. The van der Waals surface area contributed by atoms with E-state index in [0.717, 1.165) is 9.13 Å². The highest BCUT2D eigenvalue weighted by Gasteiger charge is 2.24. The van der Waals surface area contributed by atoms with Crippen LogP contribution < -0.4 is 0 Å². The Kier molecular flexibility index (Phi) is 2.91. The summed E-state index contributed by atoms with van der Waals surface area (Å²) in [5, 5.41) is -3.72. The maximum Gasteiger partial charge on any atom is 0.238 e. The van der Waals surface area contributed by atoms with Crippen LogP contribution in [0.15, 0.2) is 193 Å². The summed E-state index contributed by atoms with van der Waals surface area (Å²) in [6.45, 7) is 0. The SMILES string of the molecule is [2H]c1c([2H])c([2H])c(-c2nc(-c3c([2H])c([2H])c4c5c([2H])c([2H])c([2H])c([2H])c5n(-c5c([2H])c([2H])c([2H])c([2H])c5[2H])c4c3[2H])nc(-n3c4c([2H])c([2H])c([2H])c([2H])c4c4c([2H])c([2H])c5c6c([2H])c([2H])c([2H])c([2H])c6n(-c6c([2H])c([2H])c([2H])c([2H])c6[2H])c5c43)n2)c([2H])c1[2H]. The summed E-state index contributed by atoms with van der Waals surface area (Å²) in [5.41, 5.74) is -7.69. The first-order valence-electron chi connectivity index (χ1n) is 32.6. The van der Waals surface area contributed by atoms with E-state index in [9.17, 15) is 15.1 Å². The Morgan fingerprint density at radius 1 is 0.316 bits per heavy atom. The zero-order valence-electron chi connectivity index (χ0n) is 60.2. The maximum absolute atomic E-state index is 10.1. The molecule has 8 aromatic carbocycles. The van der Waals surface area contributed by atoms with Crippen LogP contribution in [0.3, 0.4) is 0 Å². The minimum Gasteiger partial charge on any atom is -0.309 e. The Labute approximate surface area is 372 Å². The van der Waals surface area contributed by atoms with E-state index in [-0.39, 0.29) is 0 Å². The third-order valence-electron chi connectivity index (χ3n) is 9.09. The molecule has 0 radical (unpaired) electrons. The zero-order chi connectivity index (χ0) is 65.3. The molecule has 6 heteroatoms. The van der Waals surface area contributed by atoms with Crippen molar-refractivity contribution < 1.29 is 43.9 Å². The lowest BCUT2D eigenvalue weighted by Gasteiger charge is -2.13. The van der Waals surface area contributed by atoms with Crippen molar-refractivity contribution in [1.29, 1.82) is 0 Å². The van der Waals surface area contributed by atoms with E-state index in [1.807, 2.05) is 0 Å². The molecule has 266 valence electrons. The van der Waals surface area contributed by atoms with Crippen LogP contribution in [0, 0.1) is 0 Å². The molecule has 4 aromatic heterocycles. The first-order chi connectivity index (χ1) is 41.6. The lowest BCUT2D eigenvalue weighted by molar-refractivity contribution is 0.953. The highest BCUT2D eigenvalue weighted by molar-refractivity contribution is 6.23. The average Bonchev–Trinajstić information content (AvgIpc) is 1.52. The van der Waals surface area contributed by atoms with Crippen LogP contribution in [0.4, 0.5) is 0 Å². The van der Waals surface area contributed by atoms with E-state index >= 15 is 0 Å². The summed E-state index contributed by atoms with van der Waals surface area (Å²) in [4.78, 5) is 13.6. The van der Waals surface area contributed by atoms with Gasteiger partial charge in [0.05, 0.1) is 77.0 Å². The minimum atomic E-state index is -1.08. The predicted octanol–water partition coefficient (Wildman–Crippen LogP) is 12.5. The molecule has 0 saturated heterocycles. The molecule has 6 nitrogen and oxygen atoms in total. The average molecular weight is 761 g/mol. The minimum absolute atomic E-state index is 0.577. The Balaban J connectivity index is 1.40. The number of rotatable bonds is 5. The van der Waals surface area contributed by atoms with Crippen molar-refractivity contribution >= 4 is 65.4 Å². The summed E-state index contributed by atoms with van der Waals surface area (Å²) in [7, 11) is 0. The van der Waals surface area contributed by atoms with Gasteiger partial charge in [0.25, 0.3) is 0 Å². The largest absolute Gasteiger partial charge is 0.309 e. The second-order valence-electron chi connectivity index (χ2n) is 12.1. The third kappa shape index (κ3) is 4.74. The van der Waals surface area contributed by atoms with Gasteiger partial charge in [0.1, 0.15) is 0 Å². The van der Waals surface area contributed by atoms with Gasteiger partial charge >= 0.3 is 0 Å². The lowest BCUT2D eigenvalue weighted by atomic mass is 10.1. The van der Waals surface area contributed by atoms with Gasteiger partial charge in [0, 0.05) is 54.8 Å². The van der Waals surface area contributed by atoms with Crippen LogP contribution >= 0.6 is 0 Å². The fourth-order valence-electron chi connectivity index (χ4n) is 6.84. The van der Waals surface area contributed by atoms with Gasteiger partial charge in [0.2, 0.25) is 5.95 Å². The predicted molar refractivity (Wildman–Crippen MR) is 234 cm³/mol. The second kappa shape index (κ2) is 12.3. The molecule has 0 amide bonds. The normalized spacial score (nSPS) is 19.7. The van der Waals surface area contributed by atoms with Gasteiger partial charge in [-0.25, -0.2) is 4.98 Å². The molecule has 0 fully saturated rings. The van der Waals surface area contributed by atoms with Gasteiger partial charge in [-0.1, -0.05) is 145 Å². The first kappa shape index (κ1) is 13.4. The Morgan fingerprint density at radius 2 is 0.737 bits per heavy atom. The summed E-state index contributed by atoms with van der Waals surface area (Å²) in [5.74, 6) is -3.05. The first-order valence-corrected chi connectivity index (χ1v) is 16.6. The van der Waals surface area contributed by atoms with Gasteiger partial charge in [-0.3, -0.25) is 4.57 Å². The van der Waals surface area contributed by atoms with E-state index in [4.69, 9.17) is 28.8 Å². The molecule has 57 heavy (non-hydrogen) atoms. The van der Waals surface area contributed by atoms with Crippen molar-refractivity contribution in [2.24, 2.45) is 0 Å². The Bertz CT molecular complexity index is 5330. The summed E-state index contributed by atoms with van der Waals surface area (Å²) in [6, 6.07) is -31.0. The van der Waals surface area contributed by atoms with Crippen molar-refractivity contribution in [2.75, 3.05) is 0 Å². The van der Waals surface area contributed by atoms with E-state index in [1.54, 1.807) is 0 Å². The standard InChI is InChI=1S/C51H32N6/c1-4-16-33(17-5-1)49-52-50(34-28-29-40-37-22-10-13-25-43(37)55(46(40)32-34)35-18-6-2-7-19-35)54-51(53-49)57-45-27-15-12-24-39(45)42-31-30-41-38-23-11-14-26-44(38)56(47(41)48(42)57)36-20-8-3-9-21-36/h1-32H/i1D,2D,3D,4D,5D,6D,7D,8D,9D,10D,11D,12D,13D,14D,15D,16D,17D,18D,19D,20D,21D,22D,23D,24D,25D,26D,27D,28D,29D,30D,31D,32D. The molecule has 0 spiro atoms. The molecule has 0 bridgehead atoms. The molecule has 12 aromatic rings. The van der Waals surface area contributed by atoms with Gasteiger partial charge in [-0.15, -0.1) is 0 Å². The van der Waals surface area contributed by atoms with Gasteiger partial charge < -0.3 is 9.13 Å². The molecule has 12 rings (SSSR count). The number of nitrogens with zero attached hydrogens (tertiary/aromatic N) is 6. The highest BCUT2D eigenvalue weighted by atomic mass is 15.2. The van der Waals surface area contributed by atoms with Crippen molar-refractivity contribution in [2.45, 2.75) is 0 Å². The number of hydrogen-bond donors (Lipinski definition) is 0. The number of benzene rings is 8. The lowest BCUT2D eigenvalue weighted by Crippen LogP contribution is -2.07. The fraction of sp³-hybridized carbons (Fsp3) is 0. The molecule has 0 aliphatic carbocycles. The number of para-hydroxylation sites is 5. The monoisotopic (exact) mass is 760 g/mol. The number of hydrogen-bond acceptors (Lipinski definition) is 3. The second-order valence-corrected chi connectivity index (χ2v) is 12.1. The summed E-state index contributed by atoms with van der Waals surface area (Å²) >= 11 is 0. The van der Waals surface area contributed by atoms with Crippen LogP contribution in [-0.4, -0.2) is 28.7 Å². The van der Waals surface area contributed by atoms with Crippen molar-refractivity contribution in [3.63, 3.8) is 0 Å². The van der Waals surface area contributed by atoms with E-state index in [2.05, 4.69) is 15.0 Å². The molecular weight excluding hydrogens is 697 g/mol. The van der Waals surface area contributed by atoms with Crippen LogP contribution in [0.25, 0.3) is 106 Å². The van der Waals surface area contributed by atoms with Crippen LogP contribution in [-0.2, 0) is 0 Å². The molecular formula is C51H32N6. The molecule has 0 saturated carbocycles. The number of aromatic nitrogens is 6. The van der Waals surface area contributed by atoms with E-state index in [0.29, 0.717) is 4.57 Å². The van der Waals surface area contributed by atoms with Crippen LogP contribution in [0.5, 0.6) is 0 Å². The van der Waals surface area contributed by atoms with Crippen molar-refractivity contribution in [1.82, 2.24) is 28.7 Å². The van der Waals surface area contributed by atoms with E-state index < -0.39 is 299 Å². The Morgan fingerprint density at radius 3 is 1.35 bits per heavy atom.